The SMILES string of the molecule is CCc1ccc(CN(C(=O)c2oc3ccc(C)cc3c2C)[C@@H]2CCS(=O)(=O)C2)cc1. The van der Waals surface area contributed by atoms with E-state index in [0.29, 0.717) is 24.3 Å². The lowest BCUT2D eigenvalue weighted by Crippen LogP contribution is -2.40. The first-order chi connectivity index (χ1) is 14.3. The van der Waals surface area contributed by atoms with Crippen molar-refractivity contribution in [2.24, 2.45) is 0 Å². The molecule has 6 heteroatoms. The molecule has 0 spiro atoms. The number of sulfone groups is 1. The Hall–Kier alpha value is -2.60. The molecule has 0 radical (unpaired) electrons. The zero-order valence-electron chi connectivity index (χ0n) is 17.6. The second-order valence-corrected chi connectivity index (χ2v) is 10.4. The first kappa shape index (κ1) is 20.7. The van der Waals surface area contributed by atoms with Crippen LogP contribution in [0.4, 0.5) is 0 Å². The van der Waals surface area contributed by atoms with Gasteiger partial charge < -0.3 is 9.32 Å². The number of furan rings is 1. The molecule has 3 aromatic rings. The van der Waals surface area contributed by atoms with Crippen molar-refractivity contribution in [3.05, 3.63) is 70.5 Å². The Morgan fingerprint density at radius 2 is 1.80 bits per heavy atom. The minimum Gasteiger partial charge on any atom is -0.451 e. The van der Waals surface area contributed by atoms with Gasteiger partial charge >= 0.3 is 0 Å². The highest BCUT2D eigenvalue weighted by Gasteiger charge is 2.36. The molecule has 158 valence electrons. The van der Waals surface area contributed by atoms with Crippen LogP contribution in [0.15, 0.2) is 46.9 Å². The quantitative estimate of drug-likeness (QED) is 0.606. The van der Waals surface area contributed by atoms with Crippen molar-refractivity contribution >= 4 is 26.7 Å². The zero-order chi connectivity index (χ0) is 21.5. The molecule has 1 atom stereocenters. The lowest BCUT2D eigenvalue weighted by atomic mass is 10.1. The third kappa shape index (κ3) is 4.01. The number of nitrogens with zero attached hydrogens (tertiary/aromatic N) is 1. The van der Waals surface area contributed by atoms with Gasteiger partial charge in [0.25, 0.3) is 5.91 Å². The van der Waals surface area contributed by atoms with E-state index in [-0.39, 0.29) is 23.5 Å². The predicted molar refractivity (Wildman–Crippen MR) is 118 cm³/mol. The van der Waals surface area contributed by atoms with E-state index in [0.717, 1.165) is 28.5 Å². The summed E-state index contributed by atoms with van der Waals surface area (Å²) < 4.78 is 30.2. The molecule has 1 fully saturated rings. The van der Waals surface area contributed by atoms with Gasteiger partial charge in [-0.05, 0) is 49.9 Å². The summed E-state index contributed by atoms with van der Waals surface area (Å²) in [5.74, 6) is 0.173. The molecular formula is C24H27NO4S. The van der Waals surface area contributed by atoms with Crippen LogP contribution in [-0.2, 0) is 22.8 Å². The van der Waals surface area contributed by atoms with E-state index >= 15 is 0 Å². The van der Waals surface area contributed by atoms with Crippen LogP contribution in [0.3, 0.4) is 0 Å². The van der Waals surface area contributed by atoms with Crippen molar-refractivity contribution in [2.75, 3.05) is 11.5 Å². The molecule has 0 bridgehead atoms. The maximum Gasteiger partial charge on any atom is 0.290 e. The summed E-state index contributed by atoms with van der Waals surface area (Å²) in [6.07, 6.45) is 1.40. The summed E-state index contributed by atoms with van der Waals surface area (Å²) in [5, 5.41) is 0.921. The molecule has 1 amide bonds. The fourth-order valence-electron chi connectivity index (χ4n) is 4.13. The van der Waals surface area contributed by atoms with Crippen molar-refractivity contribution in [3.63, 3.8) is 0 Å². The Morgan fingerprint density at radius 3 is 2.43 bits per heavy atom. The van der Waals surface area contributed by atoms with Gasteiger partial charge in [-0.15, -0.1) is 0 Å². The van der Waals surface area contributed by atoms with E-state index in [1.807, 2.05) is 44.2 Å². The molecule has 2 heterocycles. The first-order valence-corrected chi connectivity index (χ1v) is 12.2. The van der Waals surface area contributed by atoms with Crippen LogP contribution >= 0.6 is 0 Å². The van der Waals surface area contributed by atoms with Gasteiger partial charge in [0.1, 0.15) is 5.58 Å². The second-order valence-electron chi connectivity index (χ2n) is 8.22. The third-order valence-electron chi connectivity index (χ3n) is 5.98. The van der Waals surface area contributed by atoms with E-state index in [2.05, 4.69) is 19.1 Å². The van der Waals surface area contributed by atoms with E-state index in [9.17, 15) is 13.2 Å². The van der Waals surface area contributed by atoms with Crippen LogP contribution in [0, 0.1) is 13.8 Å². The first-order valence-electron chi connectivity index (χ1n) is 10.4. The molecule has 1 aliphatic heterocycles. The summed E-state index contributed by atoms with van der Waals surface area (Å²) in [6.45, 7) is 6.35. The van der Waals surface area contributed by atoms with Gasteiger partial charge in [0.2, 0.25) is 0 Å². The molecule has 4 rings (SSSR count). The number of hydrogen-bond acceptors (Lipinski definition) is 4. The van der Waals surface area contributed by atoms with E-state index in [4.69, 9.17) is 4.42 Å². The molecule has 0 N–H and O–H groups in total. The summed E-state index contributed by atoms with van der Waals surface area (Å²) >= 11 is 0. The van der Waals surface area contributed by atoms with Crippen LogP contribution in [0.2, 0.25) is 0 Å². The van der Waals surface area contributed by atoms with Gasteiger partial charge in [-0.3, -0.25) is 4.79 Å². The average Bonchev–Trinajstić information content (AvgIpc) is 3.25. The Kier molecular flexibility index (Phi) is 5.45. The van der Waals surface area contributed by atoms with Crippen LogP contribution in [0.1, 0.15) is 46.2 Å². The highest BCUT2D eigenvalue weighted by Crippen LogP contribution is 2.29. The smallest absolute Gasteiger partial charge is 0.290 e. The zero-order valence-corrected chi connectivity index (χ0v) is 18.5. The number of aryl methyl sites for hydroxylation is 3. The highest BCUT2D eigenvalue weighted by molar-refractivity contribution is 7.91. The van der Waals surface area contributed by atoms with E-state index in [1.54, 1.807) is 4.90 Å². The number of carbonyl (C=O) groups excluding carboxylic acids is 1. The van der Waals surface area contributed by atoms with Gasteiger partial charge in [0.05, 0.1) is 11.5 Å². The number of benzene rings is 2. The van der Waals surface area contributed by atoms with E-state index < -0.39 is 9.84 Å². The molecule has 0 saturated carbocycles. The second kappa shape index (κ2) is 7.91. The molecule has 30 heavy (non-hydrogen) atoms. The molecule has 1 aliphatic rings. The third-order valence-corrected chi connectivity index (χ3v) is 7.73. The fourth-order valence-corrected chi connectivity index (χ4v) is 5.86. The van der Waals surface area contributed by atoms with Crippen LogP contribution in [0.25, 0.3) is 11.0 Å². The molecular weight excluding hydrogens is 398 g/mol. The summed E-state index contributed by atoms with van der Waals surface area (Å²) in [4.78, 5) is 15.3. The number of amides is 1. The van der Waals surface area contributed by atoms with Crippen molar-refractivity contribution in [2.45, 2.75) is 46.2 Å². The Balaban J connectivity index is 1.71. The number of hydrogen-bond donors (Lipinski definition) is 0. The maximum absolute atomic E-state index is 13.6. The van der Waals surface area contributed by atoms with Crippen molar-refractivity contribution < 1.29 is 17.6 Å². The van der Waals surface area contributed by atoms with E-state index in [1.165, 1.54) is 5.56 Å². The Morgan fingerprint density at radius 1 is 1.10 bits per heavy atom. The minimum atomic E-state index is -3.12. The predicted octanol–water partition coefficient (Wildman–Crippen LogP) is 4.44. The molecule has 1 saturated heterocycles. The van der Waals surface area contributed by atoms with Crippen LogP contribution in [-0.4, -0.2) is 36.8 Å². The Labute approximate surface area is 177 Å². The number of rotatable bonds is 5. The van der Waals surface area contributed by atoms with Crippen molar-refractivity contribution in [3.8, 4) is 0 Å². The monoisotopic (exact) mass is 425 g/mol. The fraction of sp³-hybridized carbons (Fsp3) is 0.375. The summed E-state index contributed by atoms with van der Waals surface area (Å²) in [7, 11) is -3.12. The van der Waals surface area contributed by atoms with Crippen LogP contribution in [0.5, 0.6) is 0 Å². The molecule has 1 aromatic heterocycles. The molecule has 0 aliphatic carbocycles. The molecule has 5 nitrogen and oxygen atoms in total. The number of carbonyl (C=O) groups is 1. The summed E-state index contributed by atoms with van der Waals surface area (Å²) in [6, 6.07) is 13.6. The summed E-state index contributed by atoms with van der Waals surface area (Å²) in [5.41, 5.74) is 4.77. The lowest BCUT2D eigenvalue weighted by Gasteiger charge is -2.28. The van der Waals surface area contributed by atoms with Gasteiger partial charge in [-0.25, -0.2) is 8.42 Å². The van der Waals surface area contributed by atoms with Crippen LogP contribution < -0.4 is 0 Å². The van der Waals surface area contributed by atoms with Gasteiger partial charge in [0, 0.05) is 23.5 Å². The van der Waals surface area contributed by atoms with Crippen molar-refractivity contribution in [1.29, 1.82) is 0 Å². The minimum absolute atomic E-state index is 0.00413. The molecule has 0 unspecified atom stereocenters. The average molecular weight is 426 g/mol. The Bertz CT molecular complexity index is 1190. The highest BCUT2D eigenvalue weighted by atomic mass is 32.2. The van der Waals surface area contributed by atoms with Crippen molar-refractivity contribution in [1.82, 2.24) is 4.90 Å². The topological polar surface area (TPSA) is 67.6 Å². The standard InChI is InChI=1S/C24H27NO4S/c1-4-18-6-8-19(9-7-18)14-25(20-11-12-30(27,28)15-20)24(26)23-17(3)21-13-16(2)5-10-22(21)29-23/h5-10,13,20H,4,11-12,14-15H2,1-3H3/t20-/m1/s1. The normalized spacial score (nSPS) is 18.0. The number of fused-ring (bicyclic) bond motifs is 1. The van der Waals surface area contributed by atoms with Gasteiger partial charge in [-0.1, -0.05) is 42.8 Å². The maximum atomic E-state index is 13.6. The molecule has 2 aromatic carbocycles. The van der Waals surface area contributed by atoms with Gasteiger partial charge in [0.15, 0.2) is 15.6 Å². The largest absolute Gasteiger partial charge is 0.451 e. The van der Waals surface area contributed by atoms with Gasteiger partial charge in [-0.2, -0.15) is 0 Å². The lowest BCUT2D eigenvalue weighted by molar-refractivity contribution is 0.0649.